The highest BCUT2D eigenvalue weighted by Crippen LogP contribution is 2.31. The van der Waals surface area contributed by atoms with Crippen molar-refractivity contribution in [3.05, 3.63) is 24.3 Å². The van der Waals surface area contributed by atoms with Gasteiger partial charge in [0, 0.05) is 24.7 Å². The molecule has 0 spiro atoms. The fourth-order valence-corrected chi connectivity index (χ4v) is 3.53. The molecular weight excluding hydrogens is 258 g/mol. The van der Waals surface area contributed by atoms with E-state index >= 15 is 0 Å². The van der Waals surface area contributed by atoms with Crippen molar-refractivity contribution in [1.82, 2.24) is 0 Å². The van der Waals surface area contributed by atoms with Crippen molar-refractivity contribution in [2.45, 2.75) is 23.8 Å². The lowest BCUT2D eigenvalue weighted by Crippen LogP contribution is -2.31. The molecule has 2 rings (SSSR count). The van der Waals surface area contributed by atoms with Gasteiger partial charge in [-0.1, -0.05) is 12.1 Å². The van der Waals surface area contributed by atoms with Gasteiger partial charge in [0.15, 0.2) is 9.84 Å². The first kappa shape index (κ1) is 12.7. The highest BCUT2D eigenvalue weighted by molar-refractivity contribution is 7.90. The van der Waals surface area contributed by atoms with Crippen LogP contribution >= 0.6 is 11.6 Å². The normalized spacial score (nSPS) is 20.8. The van der Waals surface area contributed by atoms with Crippen molar-refractivity contribution >= 4 is 27.1 Å². The minimum atomic E-state index is -3.19. The van der Waals surface area contributed by atoms with E-state index in [0.29, 0.717) is 10.8 Å². The SMILES string of the molecule is CS(=O)(=O)c1ccccc1N1CCCC1CCl. The van der Waals surface area contributed by atoms with Gasteiger partial charge in [-0.15, -0.1) is 11.6 Å². The lowest BCUT2D eigenvalue weighted by Gasteiger charge is -2.26. The van der Waals surface area contributed by atoms with Crippen molar-refractivity contribution in [3.8, 4) is 0 Å². The van der Waals surface area contributed by atoms with Crippen molar-refractivity contribution in [3.63, 3.8) is 0 Å². The average Bonchev–Trinajstić information content (AvgIpc) is 2.75. The lowest BCUT2D eigenvalue weighted by molar-refractivity contribution is 0.601. The van der Waals surface area contributed by atoms with Gasteiger partial charge in [0.25, 0.3) is 0 Å². The molecule has 0 aliphatic carbocycles. The van der Waals surface area contributed by atoms with Crippen LogP contribution in [0.5, 0.6) is 0 Å². The van der Waals surface area contributed by atoms with Crippen LogP contribution in [0.2, 0.25) is 0 Å². The van der Waals surface area contributed by atoms with E-state index in [9.17, 15) is 8.42 Å². The van der Waals surface area contributed by atoms with Gasteiger partial charge >= 0.3 is 0 Å². The number of benzene rings is 1. The molecule has 0 radical (unpaired) electrons. The third kappa shape index (κ3) is 2.58. The number of alkyl halides is 1. The van der Waals surface area contributed by atoms with Gasteiger partial charge in [0.2, 0.25) is 0 Å². The second kappa shape index (κ2) is 4.86. The molecule has 1 unspecified atom stereocenters. The van der Waals surface area contributed by atoms with Crippen LogP contribution in [-0.2, 0) is 9.84 Å². The molecule has 1 aromatic rings. The van der Waals surface area contributed by atoms with Gasteiger partial charge in [-0.25, -0.2) is 8.42 Å². The molecule has 0 aromatic heterocycles. The first-order valence-electron chi connectivity index (χ1n) is 5.65. The molecule has 1 heterocycles. The Morgan fingerprint density at radius 3 is 2.76 bits per heavy atom. The molecule has 3 nitrogen and oxygen atoms in total. The number of halogens is 1. The summed E-state index contributed by atoms with van der Waals surface area (Å²) in [5.74, 6) is 0.540. The molecule has 0 saturated carbocycles. The maximum absolute atomic E-state index is 11.7. The summed E-state index contributed by atoms with van der Waals surface area (Å²) in [6, 6.07) is 7.40. The highest BCUT2D eigenvalue weighted by atomic mass is 35.5. The number of hydrogen-bond acceptors (Lipinski definition) is 3. The van der Waals surface area contributed by atoms with E-state index in [1.54, 1.807) is 12.1 Å². The van der Waals surface area contributed by atoms with Gasteiger partial charge in [0.05, 0.1) is 10.6 Å². The summed E-state index contributed by atoms with van der Waals surface area (Å²) >= 11 is 5.93. The number of rotatable bonds is 3. The summed E-state index contributed by atoms with van der Waals surface area (Å²) < 4.78 is 23.5. The standard InChI is InChI=1S/C12H16ClNO2S/c1-17(15,16)12-7-3-2-6-11(12)14-8-4-5-10(14)9-13/h2-3,6-7,10H,4-5,8-9H2,1H3. The second-order valence-electron chi connectivity index (χ2n) is 4.38. The van der Waals surface area contributed by atoms with Crippen molar-refractivity contribution < 1.29 is 8.42 Å². The third-order valence-electron chi connectivity index (χ3n) is 3.13. The molecule has 1 atom stereocenters. The van der Waals surface area contributed by atoms with Gasteiger partial charge in [-0.3, -0.25) is 0 Å². The van der Waals surface area contributed by atoms with E-state index < -0.39 is 9.84 Å². The molecule has 1 aliphatic heterocycles. The van der Waals surface area contributed by atoms with Crippen molar-refractivity contribution in [2.24, 2.45) is 0 Å². The van der Waals surface area contributed by atoms with Crippen LogP contribution in [-0.4, -0.2) is 33.1 Å². The van der Waals surface area contributed by atoms with E-state index in [4.69, 9.17) is 11.6 Å². The molecule has 5 heteroatoms. The van der Waals surface area contributed by atoms with E-state index in [0.717, 1.165) is 25.1 Å². The number of para-hydroxylation sites is 1. The molecule has 1 aromatic carbocycles. The Hall–Kier alpha value is -0.740. The summed E-state index contributed by atoms with van der Waals surface area (Å²) in [6.07, 6.45) is 3.34. The van der Waals surface area contributed by atoms with E-state index in [1.165, 1.54) is 6.26 Å². The largest absolute Gasteiger partial charge is 0.366 e. The molecular formula is C12H16ClNO2S. The maximum Gasteiger partial charge on any atom is 0.177 e. The Morgan fingerprint density at radius 1 is 1.41 bits per heavy atom. The van der Waals surface area contributed by atoms with Gasteiger partial charge < -0.3 is 4.90 Å². The minimum absolute atomic E-state index is 0.250. The Labute approximate surface area is 107 Å². The molecule has 0 amide bonds. The van der Waals surface area contributed by atoms with Gasteiger partial charge in [-0.05, 0) is 25.0 Å². The first-order chi connectivity index (χ1) is 8.04. The van der Waals surface area contributed by atoms with Crippen LogP contribution in [0.4, 0.5) is 5.69 Å². The van der Waals surface area contributed by atoms with Crippen molar-refractivity contribution in [2.75, 3.05) is 23.6 Å². The van der Waals surface area contributed by atoms with Gasteiger partial charge in [0.1, 0.15) is 0 Å². The second-order valence-corrected chi connectivity index (χ2v) is 6.68. The van der Waals surface area contributed by atoms with Crippen LogP contribution in [0.1, 0.15) is 12.8 Å². The Kier molecular flexibility index (Phi) is 3.64. The van der Waals surface area contributed by atoms with Crippen LogP contribution < -0.4 is 4.90 Å². The Morgan fingerprint density at radius 2 is 2.12 bits per heavy atom. The zero-order valence-corrected chi connectivity index (χ0v) is 11.3. The average molecular weight is 274 g/mol. The molecule has 1 fully saturated rings. The first-order valence-corrected chi connectivity index (χ1v) is 8.08. The Bertz CT molecular complexity index is 501. The van der Waals surface area contributed by atoms with Crippen LogP contribution in [0, 0.1) is 0 Å². The summed E-state index contributed by atoms with van der Waals surface area (Å²) in [5, 5.41) is 0. The number of sulfone groups is 1. The summed E-state index contributed by atoms with van der Waals surface area (Å²) in [7, 11) is -3.19. The minimum Gasteiger partial charge on any atom is -0.366 e. The zero-order chi connectivity index (χ0) is 12.5. The highest BCUT2D eigenvalue weighted by Gasteiger charge is 2.27. The predicted octanol–water partition coefficient (Wildman–Crippen LogP) is 2.30. The summed E-state index contributed by atoms with van der Waals surface area (Å²) in [4.78, 5) is 2.51. The fraction of sp³-hybridized carbons (Fsp3) is 0.500. The molecule has 0 N–H and O–H groups in total. The monoisotopic (exact) mass is 273 g/mol. The molecule has 0 bridgehead atoms. The summed E-state index contributed by atoms with van der Waals surface area (Å²) in [6.45, 7) is 0.879. The summed E-state index contributed by atoms with van der Waals surface area (Å²) in [5.41, 5.74) is 0.790. The third-order valence-corrected chi connectivity index (χ3v) is 4.63. The Balaban J connectivity index is 2.45. The van der Waals surface area contributed by atoms with E-state index in [1.807, 2.05) is 12.1 Å². The molecule has 94 valence electrons. The van der Waals surface area contributed by atoms with Crippen LogP contribution in [0.3, 0.4) is 0 Å². The molecule has 1 aliphatic rings. The predicted molar refractivity (Wildman–Crippen MR) is 70.6 cm³/mol. The van der Waals surface area contributed by atoms with Crippen LogP contribution in [0.15, 0.2) is 29.2 Å². The van der Waals surface area contributed by atoms with E-state index in [2.05, 4.69) is 4.90 Å². The van der Waals surface area contributed by atoms with Crippen LogP contribution in [0.25, 0.3) is 0 Å². The number of nitrogens with zero attached hydrogens (tertiary/aromatic N) is 1. The quantitative estimate of drug-likeness (QED) is 0.793. The van der Waals surface area contributed by atoms with Gasteiger partial charge in [-0.2, -0.15) is 0 Å². The maximum atomic E-state index is 11.7. The fourth-order valence-electron chi connectivity index (χ4n) is 2.32. The zero-order valence-electron chi connectivity index (χ0n) is 9.77. The topological polar surface area (TPSA) is 37.4 Å². The molecule has 17 heavy (non-hydrogen) atoms. The smallest absolute Gasteiger partial charge is 0.177 e. The lowest BCUT2D eigenvalue weighted by atomic mass is 10.2. The van der Waals surface area contributed by atoms with E-state index in [-0.39, 0.29) is 6.04 Å². The van der Waals surface area contributed by atoms with Crippen molar-refractivity contribution in [1.29, 1.82) is 0 Å². The molecule has 1 saturated heterocycles. The number of hydrogen-bond donors (Lipinski definition) is 0. The number of anilines is 1.